The zero-order valence-electron chi connectivity index (χ0n) is 11.3. The van der Waals surface area contributed by atoms with Crippen LogP contribution in [0, 0.1) is 0 Å². The summed E-state index contributed by atoms with van der Waals surface area (Å²) in [6, 6.07) is 0. The number of aromatic nitrogens is 4. The minimum Gasteiger partial charge on any atom is -0.472 e. The molecule has 100 valence electrons. The van der Waals surface area contributed by atoms with Gasteiger partial charge in [-0.05, 0) is 13.0 Å². The van der Waals surface area contributed by atoms with Crippen LogP contribution >= 0.6 is 0 Å². The Hall–Kier alpha value is -2.11. The molecular weight excluding hydrogens is 242 g/mol. The minimum atomic E-state index is -0.445. The van der Waals surface area contributed by atoms with Crippen LogP contribution in [0.3, 0.4) is 0 Å². The van der Waals surface area contributed by atoms with Crippen LogP contribution < -0.4 is 5.32 Å². The molecule has 3 rings (SSSR count). The lowest BCUT2D eigenvalue weighted by Gasteiger charge is -2.27. The van der Waals surface area contributed by atoms with Crippen molar-refractivity contribution >= 4 is 17.0 Å². The van der Waals surface area contributed by atoms with Gasteiger partial charge in [-0.25, -0.2) is 15.0 Å². The van der Waals surface area contributed by atoms with E-state index in [0.717, 1.165) is 35.6 Å². The van der Waals surface area contributed by atoms with E-state index >= 15 is 0 Å². The predicted octanol–water partition coefficient (Wildman–Crippen LogP) is 2.25. The van der Waals surface area contributed by atoms with E-state index in [-0.39, 0.29) is 0 Å². The van der Waals surface area contributed by atoms with Crippen LogP contribution in [0.15, 0.2) is 24.5 Å². The minimum absolute atomic E-state index is 0.445. The van der Waals surface area contributed by atoms with Crippen molar-refractivity contribution in [2.75, 3.05) is 12.4 Å². The summed E-state index contributed by atoms with van der Waals surface area (Å²) in [4.78, 5) is 12.9. The van der Waals surface area contributed by atoms with E-state index in [9.17, 15) is 0 Å². The molecule has 0 amide bonds. The number of rotatable bonds is 3. The first kappa shape index (κ1) is 12.0. The number of anilines is 1. The van der Waals surface area contributed by atoms with Crippen molar-refractivity contribution in [2.45, 2.75) is 32.4 Å². The summed E-state index contributed by atoms with van der Waals surface area (Å²) < 4.78 is 8.00. The van der Waals surface area contributed by atoms with Crippen LogP contribution in [-0.4, -0.2) is 26.6 Å². The van der Waals surface area contributed by atoms with Crippen molar-refractivity contribution in [2.24, 2.45) is 0 Å². The second-order valence-electron chi connectivity index (χ2n) is 4.76. The average molecular weight is 259 g/mol. The summed E-state index contributed by atoms with van der Waals surface area (Å²) in [5, 5.41) is 3.03. The number of nitrogens with zero attached hydrogens (tertiary/aromatic N) is 4. The molecule has 0 aromatic carbocycles. The molecule has 2 aromatic rings. The Bertz CT molecular complexity index is 648. The Morgan fingerprint density at radius 1 is 1.42 bits per heavy atom. The number of nitrogens with one attached hydrogen (secondary N) is 1. The van der Waals surface area contributed by atoms with Crippen LogP contribution in [0.1, 0.15) is 26.7 Å². The van der Waals surface area contributed by atoms with E-state index in [1.165, 1.54) is 0 Å². The molecule has 6 nitrogen and oxygen atoms in total. The number of hydrogen-bond donors (Lipinski definition) is 1. The van der Waals surface area contributed by atoms with Gasteiger partial charge in [0.25, 0.3) is 0 Å². The largest absolute Gasteiger partial charge is 0.472 e. The lowest BCUT2D eigenvalue weighted by Crippen LogP contribution is -2.29. The van der Waals surface area contributed by atoms with Crippen molar-refractivity contribution in [1.29, 1.82) is 0 Å². The molecule has 0 bridgehead atoms. The van der Waals surface area contributed by atoms with Gasteiger partial charge >= 0.3 is 0 Å². The lowest BCUT2D eigenvalue weighted by molar-refractivity contribution is -0.0270. The Labute approximate surface area is 111 Å². The highest BCUT2D eigenvalue weighted by molar-refractivity contribution is 5.82. The summed E-state index contributed by atoms with van der Waals surface area (Å²) in [5.41, 5.74) is 1.10. The fourth-order valence-corrected chi connectivity index (χ4v) is 2.40. The van der Waals surface area contributed by atoms with Gasteiger partial charge < -0.3 is 10.1 Å². The van der Waals surface area contributed by atoms with Gasteiger partial charge in [0.1, 0.15) is 12.7 Å². The third kappa shape index (κ3) is 1.75. The van der Waals surface area contributed by atoms with Crippen LogP contribution in [0.5, 0.6) is 0 Å². The monoisotopic (exact) mass is 259 g/mol. The van der Waals surface area contributed by atoms with Crippen molar-refractivity contribution in [3.8, 4) is 0 Å². The fraction of sp³-hybridized carbons (Fsp3) is 0.462. The molecule has 1 N–H and O–H groups in total. The summed E-state index contributed by atoms with van der Waals surface area (Å²) >= 11 is 0. The maximum absolute atomic E-state index is 6.03. The molecule has 19 heavy (non-hydrogen) atoms. The van der Waals surface area contributed by atoms with E-state index in [1.807, 2.05) is 11.6 Å². The highest BCUT2D eigenvalue weighted by Gasteiger charge is 2.34. The van der Waals surface area contributed by atoms with Crippen molar-refractivity contribution in [3.63, 3.8) is 0 Å². The number of allylic oxidation sites excluding steroid dienone is 1. The molecule has 0 fully saturated rings. The average Bonchev–Trinajstić information content (AvgIpc) is 3.02. The Morgan fingerprint density at radius 3 is 2.95 bits per heavy atom. The van der Waals surface area contributed by atoms with Crippen LogP contribution in [-0.2, 0) is 10.5 Å². The highest BCUT2D eigenvalue weighted by atomic mass is 16.5. The van der Waals surface area contributed by atoms with Gasteiger partial charge in [0.2, 0.25) is 0 Å². The molecular formula is C13H17N5O. The van der Waals surface area contributed by atoms with Crippen molar-refractivity contribution in [3.05, 3.63) is 24.5 Å². The maximum Gasteiger partial charge on any atom is 0.189 e. The van der Waals surface area contributed by atoms with Gasteiger partial charge in [0.05, 0.1) is 5.76 Å². The first-order valence-electron chi connectivity index (χ1n) is 6.42. The molecule has 0 radical (unpaired) electrons. The smallest absolute Gasteiger partial charge is 0.189 e. The number of fused-ring (bicyclic) bond motifs is 1. The van der Waals surface area contributed by atoms with Crippen LogP contribution in [0.2, 0.25) is 0 Å². The third-order valence-electron chi connectivity index (χ3n) is 3.49. The Balaban J connectivity index is 2.07. The van der Waals surface area contributed by atoms with Gasteiger partial charge in [0, 0.05) is 19.9 Å². The van der Waals surface area contributed by atoms with Gasteiger partial charge in [-0.15, -0.1) is 0 Å². The van der Waals surface area contributed by atoms with Gasteiger partial charge in [-0.3, -0.25) is 4.57 Å². The van der Waals surface area contributed by atoms with Crippen molar-refractivity contribution in [1.82, 2.24) is 19.5 Å². The second kappa shape index (κ2) is 4.22. The molecule has 1 atom stereocenters. The quantitative estimate of drug-likeness (QED) is 0.915. The highest BCUT2D eigenvalue weighted by Crippen LogP contribution is 2.36. The molecule has 1 aliphatic heterocycles. The predicted molar refractivity (Wildman–Crippen MR) is 72.6 cm³/mol. The summed E-state index contributed by atoms with van der Waals surface area (Å²) in [7, 11) is 1.82. The van der Waals surface area contributed by atoms with Gasteiger partial charge in [-0.2, -0.15) is 0 Å². The summed E-state index contributed by atoms with van der Waals surface area (Å²) in [5.74, 6) is 1.75. The number of imidazole rings is 1. The molecule has 2 aromatic heterocycles. The molecule has 0 saturated heterocycles. The number of ether oxygens (including phenoxy) is 1. The molecule has 1 aliphatic rings. The van der Waals surface area contributed by atoms with Gasteiger partial charge in [0.15, 0.2) is 22.7 Å². The molecule has 3 heterocycles. The molecule has 0 spiro atoms. The molecule has 0 aliphatic carbocycles. The zero-order valence-corrected chi connectivity index (χ0v) is 11.3. The van der Waals surface area contributed by atoms with E-state index < -0.39 is 5.72 Å². The van der Waals surface area contributed by atoms with Gasteiger partial charge in [-0.1, -0.05) is 6.92 Å². The van der Waals surface area contributed by atoms with Crippen LogP contribution in [0.25, 0.3) is 11.2 Å². The molecule has 0 saturated carbocycles. The third-order valence-corrected chi connectivity index (χ3v) is 3.49. The summed E-state index contributed by atoms with van der Waals surface area (Å²) in [6.45, 7) is 4.14. The van der Waals surface area contributed by atoms with Crippen LogP contribution in [0.4, 0.5) is 5.82 Å². The van der Waals surface area contributed by atoms with E-state index in [1.54, 1.807) is 12.7 Å². The lowest BCUT2D eigenvalue weighted by atomic mass is 10.2. The first-order chi connectivity index (χ1) is 9.18. The topological polar surface area (TPSA) is 64.9 Å². The Kier molecular flexibility index (Phi) is 2.66. The zero-order chi connectivity index (χ0) is 13.5. The van der Waals surface area contributed by atoms with E-state index in [4.69, 9.17) is 4.74 Å². The normalized spacial score (nSPS) is 22.4. The SMILES string of the molecule is CCC1=CC[C@](C)(n2cnc3c(NC)ncnc32)O1. The summed E-state index contributed by atoms with van der Waals surface area (Å²) in [6.07, 6.45) is 7.16. The fourth-order valence-electron chi connectivity index (χ4n) is 2.40. The molecule has 6 heteroatoms. The van der Waals surface area contributed by atoms with E-state index in [0.29, 0.717) is 0 Å². The second-order valence-corrected chi connectivity index (χ2v) is 4.76. The molecule has 0 unspecified atom stereocenters. The van der Waals surface area contributed by atoms with Crippen molar-refractivity contribution < 1.29 is 4.74 Å². The Morgan fingerprint density at radius 2 is 2.26 bits per heavy atom. The number of hydrogen-bond acceptors (Lipinski definition) is 5. The first-order valence-corrected chi connectivity index (χ1v) is 6.42. The standard InChI is InChI=1S/C13H17N5O/c1-4-9-5-6-13(2,19-9)18-8-17-10-11(14-3)15-7-16-12(10)18/h5,7-8H,4,6H2,1-3H3,(H,14,15,16)/t13-/m1/s1. The van der Waals surface area contributed by atoms with E-state index in [2.05, 4.69) is 40.2 Å². The maximum atomic E-state index is 6.03.